The Morgan fingerprint density at radius 2 is 2.00 bits per heavy atom. The van der Waals surface area contributed by atoms with E-state index < -0.39 is 5.51 Å². The van der Waals surface area contributed by atoms with Gasteiger partial charge in [-0.05, 0) is 49.5 Å². The first-order chi connectivity index (χ1) is 8.88. The molecule has 1 saturated heterocycles. The molecule has 0 bridgehead atoms. The lowest BCUT2D eigenvalue weighted by molar-refractivity contribution is -0.122. The van der Waals surface area contributed by atoms with Crippen molar-refractivity contribution in [3.8, 4) is 0 Å². The highest BCUT2D eigenvalue weighted by Gasteiger charge is 2.27. The molecule has 0 spiro atoms. The lowest BCUT2D eigenvalue weighted by Gasteiger charge is -2.27. The predicted molar refractivity (Wildman–Crippen MR) is 78.1 cm³/mol. The average Bonchev–Trinajstić information content (AvgIpc) is 2.34. The van der Waals surface area contributed by atoms with E-state index in [1.54, 1.807) is 0 Å². The Balaban J connectivity index is 0.00000361. The number of piperidine rings is 1. The highest BCUT2D eigenvalue weighted by Crippen LogP contribution is 2.29. The van der Waals surface area contributed by atoms with E-state index in [9.17, 15) is 18.0 Å². The van der Waals surface area contributed by atoms with Crippen molar-refractivity contribution in [3.05, 3.63) is 0 Å². The quantitative estimate of drug-likeness (QED) is 0.734. The number of carbonyl (C=O) groups is 1. The van der Waals surface area contributed by atoms with Crippen molar-refractivity contribution in [2.24, 2.45) is 11.8 Å². The summed E-state index contributed by atoms with van der Waals surface area (Å²) in [5.41, 5.74) is -4.22. The number of hydrogen-bond acceptors (Lipinski definition) is 3. The molecule has 0 saturated carbocycles. The summed E-state index contributed by atoms with van der Waals surface area (Å²) in [5, 5.41) is 5.82. The lowest BCUT2D eigenvalue weighted by Crippen LogP contribution is -2.34. The average molecular weight is 335 g/mol. The van der Waals surface area contributed by atoms with Gasteiger partial charge in [-0.2, -0.15) is 13.2 Å². The van der Waals surface area contributed by atoms with Gasteiger partial charge < -0.3 is 10.6 Å². The Labute approximate surface area is 128 Å². The van der Waals surface area contributed by atoms with Gasteiger partial charge in [0.1, 0.15) is 0 Å². The second-order valence-corrected chi connectivity index (χ2v) is 6.07. The van der Waals surface area contributed by atoms with Crippen LogP contribution in [0.5, 0.6) is 0 Å². The standard InChI is InChI=1S/C12H21F3N2OS.ClH/c1-9(10-2-4-16-5-3-10)8-11(18)17-6-7-19-12(13,14)15;/h9-10,16H,2-8H2,1H3,(H,17,18);1H. The fraction of sp³-hybridized carbons (Fsp3) is 0.917. The molecule has 1 atom stereocenters. The zero-order valence-electron chi connectivity index (χ0n) is 11.5. The van der Waals surface area contributed by atoms with Crippen LogP contribution in [0.1, 0.15) is 26.2 Å². The molecule has 1 unspecified atom stereocenters. The fourth-order valence-electron chi connectivity index (χ4n) is 2.30. The number of nitrogens with one attached hydrogen (secondary N) is 2. The van der Waals surface area contributed by atoms with Gasteiger partial charge in [-0.15, -0.1) is 12.4 Å². The summed E-state index contributed by atoms with van der Waals surface area (Å²) < 4.78 is 35.6. The van der Waals surface area contributed by atoms with Crippen molar-refractivity contribution in [2.75, 3.05) is 25.4 Å². The van der Waals surface area contributed by atoms with Crippen LogP contribution in [-0.2, 0) is 4.79 Å². The Morgan fingerprint density at radius 1 is 1.40 bits per heavy atom. The Hall–Kier alpha value is -0.140. The fourth-order valence-corrected chi connectivity index (χ4v) is 2.74. The van der Waals surface area contributed by atoms with Gasteiger partial charge in [-0.25, -0.2) is 0 Å². The van der Waals surface area contributed by atoms with Crippen LogP contribution in [-0.4, -0.2) is 36.8 Å². The van der Waals surface area contributed by atoms with Crippen LogP contribution in [0, 0.1) is 11.8 Å². The van der Waals surface area contributed by atoms with E-state index in [0.29, 0.717) is 12.3 Å². The van der Waals surface area contributed by atoms with Crippen LogP contribution in [0.2, 0.25) is 0 Å². The molecule has 1 amide bonds. The Morgan fingerprint density at radius 3 is 2.55 bits per heavy atom. The van der Waals surface area contributed by atoms with Gasteiger partial charge in [0, 0.05) is 18.7 Å². The molecule has 8 heteroatoms. The molecule has 2 N–H and O–H groups in total. The lowest BCUT2D eigenvalue weighted by atomic mass is 9.84. The van der Waals surface area contributed by atoms with E-state index in [-0.39, 0.29) is 48.3 Å². The summed E-state index contributed by atoms with van der Waals surface area (Å²) in [6, 6.07) is 0. The minimum Gasteiger partial charge on any atom is -0.355 e. The third-order valence-corrected chi connectivity index (χ3v) is 4.12. The van der Waals surface area contributed by atoms with Crippen LogP contribution >= 0.6 is 24.2 Å². The van der Waals surface area contributed by atoms with Crippen molar-refractivity contribution in [1.29, 1.82) is 0 Å². The molecule has 1 fully saturated rings. The normalized spacial score (nSPS) is 18.2. The summed E-state index contributed by atoms with van der Waals surface area (Å²) in [5.74, 6) is 0.555. The van der Waals surface area contributed by atoms with Crippen molar-refractivity contribution in [1.82, 2.24) is 10.6 Å². The summed E-state index contributed by atoms with van der Waals surface area (Å²) in [4.78, 5) is 11.6. The largest absolute Gasteiger partial charge is 0.441 e. The van der Waals surface area contributed by atoms with E-state index >= 15 is 0 Å². The summed E-state index contributed by atoms with van der Waals surface area (Å²) in [7, 11) is 0. The van der Waals surface area contributed by atoms with Crippen molar-refractivity contribution in [3.63, 3.8) is 0 Å². The van der Waals surface area contributed by atoms with Gasteiger partial charge in [0.25, 0.3) is 0 Å². The van der Waals surface area contributed by atoms with Gasteiger partial charge in [-0.1, -0.05) is 6.92 Å². The minimum atomic E-state index is -4.22. The minimum absolute atomic E-state index is 0. The number of halogens is 4. The molecule has 3 nitrogen and oxygen atoms in total. The third-order valence-electron chi connectivity index (χ3n) is 3.39. The molecule has 0 aromatic carbocycles. The highest BCUT2D eigenvalue weighted by molar-refractivity contribution is 8.00. The first-order valence-electron chi connectivity index (χ1n) is 6.56. The monoisotopic (exact) mass is 334 g/mol. The third kappa shape index (κ3) is 8.92. The van der Waals surface area contributed by atoms with Gasteiger partial charge in [0.15, 0.2) is 0 Å². The van der Waals surface area contributed by atoms with E-state index in [0.717, 1.165) is 25.9 Å². The van der Waals surface area contributed by atoms with Gasteiger partial charge >= 0.3 is 5.51 Å². The van der Waals surface area contributed by atoms with E-state index in [1.807, 2.05) is 6.92 Å². The number of amides is 1. The van der Waals surface area contributed by atoms with Crippen molar-refractivity contribution < 1.29 is 18.0 Å². The topological polar surface area (TPSA) is 41.1 Å². The molecule has 1 aliphatic heterocycles. The summed E-state index contributed by atoms with van der Waals surface area (Å²) >= 11 is -0.100. The number of carbonyl (C=O) groups excluding carboxylic acids is 1. The number of thioether (sulfide) groups is 1. The van der Waals surface area contributed by atoms with Crippen LogP contribution in [0.25, 0.3) is 0 Å². The molecule has 0 aromatic rings. The van der Waals surface area contributed by atoms with E-state index in [1.165, 1.54) is 0 Å². The Bertz CT molecular complexity index is 286. The SMILES string of the molecule is CC(CC(=O)NCCSC(F)(F)F)C1CCNCC1.Cl. The van der Waals surface area contributed by atoms with Crippen LogP contribution in [0.3, 0.4) is 0 Å². The maximum absolute atomic E-state index is 11.9. The van der Waals surface area contributed by atoms with Gasteiger partial charge in [0.2, 0.25) is 5.91 Å². The molecular formula is C12H22ClF3N2OS. The van der Waals surface area contributed by atoms with Crippen molar-refractivity contribution >= 4 is 30.1 Å². The molecule has 1 aliphatic rings. The van der Waals surface area contributed by atoms with Crippen molar-refractivity contribution in [2.45, 2.75) is 31.7 Å². The van der Waals surface area contributed by atoms with Gasteiger partial charge in [-0.3, -0.25) is 4.79 Å². The number of rotatable bonds is 6. The molecule has 1 heterocycles. The summed E-state index contributed by atoms with van der Waals surface area (Å²) in [6.07, 6.45) is 2.54. The van der Waals surface area contributed by atoms with Crippen LogP contribution in [0.15, 0.2) is 0 Å². The predicted octanol–water partition coefficient (Wildman–Crippen LogP) is 2.80. The first kappa shape index (κ1) is 19.9. The smallest absolute Gasteiger partial charge is 0.355 e. The molecule has 120 valence electrons. The molecule has 1 rings (SSSR count). The molecular weight excluding hydrogens is 313 g/mol. The summed E-state index contributed by atoms with van der Waals surface area (Å²) in [6.45, 7) is 4.08. The maximum atomic E-state index is 11.9. The highest BCUT2D eigenvalue weighted by atomic mass is 35.5. The number of hydrogen-bond donors (Lipinski definition) is 2. The zero-order chi connectivity index (χ0) is 14.3. The molecule has 20 heavy (non-hydrogen) atoms. The first-order valence-corrected chi connectivity index (χ1v) is 7.55. The molecule has 0 radical (unpaired) electrons. The molecule has 0 aromatic heterocycles. The second-order valence-electron chi connectivity index (χ2n) is 4.91. The van der Waals surface area contributed by atoms with Crippen LogP contribution in [0.4, 0.5) is 13.2 Å². The zero-order valence-corrected chi connectivity index (χ0v) is 13.1. The molecule has 0 aliphatic carbocycles. The number of alkyl halides is 3. The maximum Gasteiger partial charge on any atom is 0.441 e. The van der Waals surface area contributed by atoms with E-state index in [2.05, 4.69) is 10.6 Å². The second kappa shape index (κ2) is 9.73. The van der Waals surface area contributed by atoms with Gasteiger partial charge in [0.05, 0.1) is 0 Å². The van der Waals surface area contributed by atoms with E-state index in [4.69, 9.17) is 0 Å². The van der Waals surface area contributed by atoms with Crippen LogP contribution < -0.4 is 10.6 Å². The Kier molecular flexibility index (Phi) is 9.67.